The quantitative estimate of drug-likeness (QED) is 0.647. The lowest BCUT2D eigenvalue weighted by Gasteiger charge is -2.13. The summed E-state index contributed by atoms with van der Waals surface area (Å²) in [5.74, 6) is -1.17. The molecule has 0 aliphatic heterocycles. The van der Waals surface area contributed by atoms with Crippen molar-refractivity contribution in [1.82, 2.24) is 0 Å². The minimum absolute atomic E-state index is 0.220. The van der Waals surface area contributed by atoms with Crippen molar-refractivity contribution in [3.05, 3.63) is 0 Å². The number of carboxylic acid groups (broad SMARTS) is 1. The van der Waals surface area contributed by atoms with Gasteiger partial charge in [-0.1, -0.05) is 13.8 Å². The summed E-state index contributed by atoms with van der Waals surface area (Å²) in [6, 6.07) is 0. The Balaban J connectivity index is 3.92. The van der Waals surface area contributed by atoms with Gasteiger partial charge in [-0.05, 0) is 12.8 Å². The maximum atomic E-state index is 10.4. The van der Waals surface area contributed by atoms with E-state index in [4.69, 9.17) is 16.7 Å². The number of aliphatic carboxylic acids is 1. The van der Waals surface area contributed by atoms with E-state index in [1.165, 1.54) is 0 Å². The third kappa shape index (κ3) is 2.56. The largest absolute Gasteiger partial charge is 0.481 e. The Kier molecular flexibility index (Phi) is 4.45. The topological polar surface area (TPSA) is 37.3 Å². The molecule has 2 nitrogen and oxygen atoms in total. The van der Waals surface area contributed by atoms with Crippen LogP contribution < -0.4 is 0 Å². The van der Waals surface area contributed by atoms with E-state index in [1.807, 2.05) is 13.8 Å². The van der Waals surface area contributed by atoms with E-state index in [1.54, 1.807) is 0 Å². The molecule has 10 heavy (non-hydrogen) atoms. The van der Waals surface area contributed by atoms with Gasteiger partial charge in [0, 0.05) is 5.38 Å². The molecule has 0 aromatic heterocycles. The Labute approximate surface area is 66.2 Å². The molecule has 0 spiro atoms. The Morgan fingerprint density at radius 3 is 2.10 bits per heavy atom. The number of rotatable bonds is 4. The van der Waals surface area contributed by atoms with Crippen molar-refractivity contribution in [2.24, 2.45) is 5.92 Å². The van der Waals surface area contributed by atoms with E-state index in [2.05, 4.69) is 0 Å². The Morgan fingerprint density at radius 2 is 2.00 bits per heavy atom. The summed E-state index contributed by atoms with van der Waals surface area (Å²) >= 11 is 5.75. The summed E-state index contributed by atoms with van der Waals surface area (Å²) in [6.07, 6.45) is 1.32. The number of carbonyl (C=O) groups is 1. The van der Waals surface area contributed by atoms with E-state index in [0.29, 0.717) is 12.8 Å². The molecule has 0 amide bonds. The minimum Gasteiger partial charge on any atom is -0.481 e. The zero-order valence-electron chi connectivity index (χ0n) is 6.30. The third-order valence-electron chi connectivity index (χ3n) is 1.58. The number of hydrogen-bond acceptors (Lipinski definition) is 1. The van der Waals surface area contributed by atoms with Crippen molar-refractivity contribution in [3.8, 4) is 0 Å². The van der Waals surface area contributed by atoms with Crippen LogP contribution in [0.3, 0.4) is 0 Å². The maximum absolute atomic E-state index is 10.4. The first kappa shape index (κ1) is 9.76. The molecule has 0 heterocycles. The van der Waals surface area contributed by atoms with Crippen LogP contribution in [0.15, 0.2) is 0 Å². The van der Waals surface area contributed by atoms with Crippen LogP contribution in [0, 0.1) is 5.92 Å². The lowest BCUT2D eigenvalue weighted by Crippen LogP contribution is -2.22. The molecular formula is C7H13ClO2. The SMILES string of the molecule is CCC(Cl)C(CC)C(=O)O. The molecular weight excluding hydrogens is 152 g/mol. The molecule has 0 aliphatic carbocycles. The fourth-order valence-electron chi connectivity index (χ4n) is 0.870. The summed E-state index contributed by atoms with van der Waals surface area (Å²) in [4.78, 5) is 10.4. The highest BCUT2D eigenvalue weighted by molar-refractivity contribution is 6.21. The van der Waals surface area contributed by atoms with Crippen molar-refractivity contribution >= 4 is 17.6 Å². The first-order chi connectivity index (χ1) is 4.63. The van der Waals surface area contributed by atoms with Gasteiger partial charge in [-0.25, -0.2) is 0 Å². The molecule has 3 heteroatoms. The van der Waals surface area contributed by atoms with Gasteiger partial charge in [0.15, 0.2) is 0 Å². The van der Waals surface area contributed by atoms with Crippen LogP contribution >= 0.6 is 11.6 Å². The highest BCUT2D eigenvalue weighted by atomic mass is 35.5. The summed E-state index contributed by atoms with van der Waals surface area (Å²) < 4.78 is 0. The van der Waals surface area contributed by atoms with Crippen LogP contribution in [0.2, 0.25) is 0 Å². The molecule has 2 atom stereocenters. The number of carboxylic acids is 1. The zero-order valence-corrected chi connectivity index (χ0v) is 7.06. The molecule has 0 saturated heterocycles. The normalized spacial score (nSPS) is 16.3. The van der Waals surface area contributed by atoms with Crippen LogP contribution in [0.4, 0.5) is 0 Å². The van der Waals surface area contributed by atoms with E-state index in [9.17, 15) is 4.79 Å². The summed E-state index contributed by atoms with van der Waals surface area (Å²) in [5, 5.41) is 8.37. The van der Waals surface area contributed by atoms with Gasteiger partial charge in [-0.3, -0.25) is 4.79 Å². The molecule has 60 valence electrons. The Morgan fingerprint density at radius 1 is 1.50 bits per heavy atom. The predicted octanol–water partition coefficient (Wildman–Crippen LogP) is 2.11. The van der Waals surface area contributed by atoms with Gasteiger partial charge in [0.05, 0.1) is 5.92 Å². The van der Waals surface area contributed by atoms with Gasteiger partial charge in [0.1, 0.15) is 0 Å². The second-order valence-corrected chi connectivity index (χ2v) is 2.84. The Hall–Kier alpha value is -0.240. The lowest BCUT2D eigenvalue weighted by molar-refractivity contribution is -0.141. The average molecular weight is 165 g/mol. The smallest absolute Gasteiger partial charge is 0.307 e. The zero-order chi connectivity index (χ0) is 8.15. The van der Waals surface area contributed by atoms with Crippen molar-refractivity contribution in [2.45, 2.75) is 32.1 Å². The van der Waals surface area contributed by atoms with Crippen molar-refractivity contribution in [1.29, 1.82) is 0 Å². The molecule has 1 N–H and O–H groups in total. The van der Waals surface area contributed by atoms with Crippen molar-refractivity contribution in [2.75, 3.05) is 0 Å². The molecule has 0 aromatic rings. The number of alkyl halides is 1. The standard InChI is InChI=1S/C7H13ClO2/c1-3-5(7(9)10)6(8)4-2/h5-6H,3-4H2,1-2H3,(H,9,10). The third-order valence-corrected chi connectivity index (χ3v) is 2.20. The summed E-state index contributed by atoms with van der Waals surface area (Å²) in [6.45, 7) is 3.73. The molecule has 0 fully saturated rings. The Bertz CT molecular complexity index is 114. The van der Waals surface area contributed by atoms with E-state index < -0.39 is 5.97 Å². The first-order valence-electron chi connectivity index (χ1n) is 3.50. The molecule has 0 bridgehead atoms. The van der Waals surface area contributed by atoms with Gasteiger partial charge >= 0.3 is 5.97 Å². The monoisotopic (exact) mass is 164 g/mol. The van der Waals surface area contributed by atoms with Gasteiger partial charge in [-0.2, -0.15) is 0 Å². The highest BCUT2D eigenvalue weighted by Gasteiger charge is 2.22. The van der Waals surface area contributed by atoms with E-state index in [0.717, 1.165) is 0 Å². The van der Waals surface area contributed by atoms with Gasteiger partial charge in [0.25, 0.3) is 0 Å². The predicted molar refractivity (Wildman–Crippen MR) is 41.3 cm³/mol. The molecule has 0 aliphatic rings. The van der Waals surface area contributed by atoms with Crippen LogP contribution in [0.1, 0.15) is 26.7 Å². The second-order valence-electron chi connectivity index (χ2n) is 2.28. The summed E-state index contributed by atoms with van der Waals surface area (Å²) in [7, 11) is 0. The molecule has 0 aromatic carbocycles. The summed E-state index contributed by atoms with van der Waals surface area (Å²) in [5.41, 5.74) is 0. The van der Waals surface area contributed by atoms with Gasteiger partial charge < -0.3 is 5.11 Å². The van der Waals surface area contributed by atoms with Gasteiger partial charge in [-0.15, -0.1) is 11.6 Å². The van der Waals surface area contributed by atoms with Crippen LogP contribution in [-0.4, -0.2) is 16.5 Å². The molecule has 0 radical (unpaired) electrons. The first-order valence-corrected chi connectivity index (χ1v) is 3.94. The van der Waals surface area contributed by atoms with Crippen LogP contribution in [0.25, 0.3) is 0 Å². The van der Waals surface area contributed by atoms with E-state index in [-0.39, 0.29) is 11.3 Å². The molecule has 0 saturated carbocycles. The fourth-order valence-corrected chi connectivity index (χ4v) is 1.16. The average Bonchev–Trinajstić information content (AvgIpc) is 1.88. The van der Waals surface area contributed by atoms with Crippen molar-refractivity contribution < 1.29 is 9.90 Å². The van der Waals surface area contributed by atoms with Crippen LogP contribution in [-0.2, 0) is 4.79 Å². The fraction of sp³-hybridized carbons (Fsp3) is 0.857. The maximum Gasteiger partial charge on any atom is 0.307 e. The van der Waals surface area contributed by atoms with Crippen LogP contribution in [0.5, 0.6) is 0 Å². The number of hydrogen-bond donors (Lipinski definition) is 1. The van der Waals surface area contributed by atoms with E-state index >= 15 is 0 Å². The molecule has 0 rings (SSSR count). The van der Waals surface area contributed by atoms with Crippen molar-refractivity contribution in [3.63, 3.8) is 0 Å². The number of halogens is 1. The highest BCUT2D eigenvalue weighted by Crippen LogP contribution is 2.17. The second kappa shape index (κ2) is 4.56. The minimum atomic E-state index is -0.788. The lowest BCUT2D eigenvalue weighted by atomic mass is 10.0. The van der Waals surface area contributed by atoms with Gasteiger partial charge in [0.2, 0.25) is 0 Å². The molecule has 2 unspecified atom stereocenters.